The highest BCUT2D eigenvalue weighted by Crippen LogP contribution is 2.16. The Morgan fingerprint density at radius 2 is 2.33 bits per heavy atom. The van der Waals surface area contributed by atoms with Crippen molar-refractivity contribution in [3.8, 4) is 5.75 Å². The predicted octanol–water partition coefficient (Wildman–Crippen LogP) is 2.36. The van der Waals surface area contributed by atoms with Crippen molar-refractivity contribution in [1.29, 1.82) is 0 Å². The molecule has 4 nitrogen and oxygen atoms in total. The lowest BCUT2D eigenvalue weighted by Gasteiger charge is -2.23. The molecule has 116 valence electrons. The van der Waals surface area contributed by atoms with Gasteiger partial charge in [-0.1, -0.05) is 19.1 Å². The van der Waals surface area contributed by atoms with Crippen molar-refractivity contribution in [2.24, 2.45) is 0 Å². The Morgan fingerprint density at radius 3 is 3.05 bits per heavy atom. The summed E-state index contributed by atoms with van der Waals surface area (Å²) in [6.07, 6.45) is 1.92. The maximum atomic E-state index is 12.1. The summed E-state index contributed by atoms with van der Waals surface area (Å²) in [5.41, 5.74) is 1.13. The second-order valence-electron chi connectivity index (χ2n) is 5.75. The normalized spacial score (nSPS) is 20.2. The average molecular weight is 290 g/mol. The molecule has 1 aliphatic rings. The van der Waals surface area contributed by atoms with Crippen molar-refractivity contribution < 1.29 is 9.53 Å². The van der Waals surface area contributed by atoms with Crippen LogP contribution < -0.4 is 10.1 Å². The Hall–Kier alpha value is -1.55. The summed E-state index contributed by atoms with van der Waals surface area (Å²) in [5, 5.41) is 3.02. The number of benzene rings is 1. The number of amides is 1. The summed E-state index contributed by atoms with van der Waals surface area (Å²) < 4.78 is 5.70. The number of likely N-dealkylation sites (N-methyl/N-ethyl adjacent to an activating group) is 1. The molecule has 1 saturated heterocycles. The van der Waals surface area contributed by atoms with E-state index in [0.29, 0.717) is 12.6 Å². The van der Waals surface area contributed by atoms with E-state index in [1.165, 1.54) is 12.8 Å². The minimum absolute atomic E-state index is 0.0422. The topological polar surface area (TPSA) is 41.6 Å². The van der Waals surface area contributed by atoms with E-state index in [4.69, 9.17) is 4.74 Å². The molecule has 4 heteroatoms. The highest BCUT2D eigenvalue weighted by molar-refractivity contribution is 5.80. The van der Waals surface area contributed by atoms with Crippen LogP contribution in [0.4, 0.5) is 0 Å². The van der Waals surface area contributed by atoms with E-state index in [1.54, 1.807) is 6.92 Å². The lowest BCUT2D eigenvalue weighted by atomic mass is 10.2. The van der Waals surface area contributed by atoms with Crippen LogP contribution >= 0.6 is 0 Å². The largest absolute Gasteiger partial charge is 0.481 e. The van der Waals surface area contributed by atoms with E-state index in [9.17, 15) is 4.79 Å². The Morgan fingerprint density at radius 1 is 1.52 bits per heavy atom. The van der Waals surface area contributed by atoms with Gasteiger partial charge in [-0.15, -0.1) is 0 Å². The number of ether oxygens (including phenoxy) is 1. The minimum Gasteiger partial charge on any atom is -0.481 e. The molecule has 0 aliphatic carbocycles. The molecule has 2 rings (SSSR count). The number of nitrogens with zero attached hydrogens (tertiary/aromatic N) is 1. The van der Waals surface area contributed by atoms with Crippen molar-refractivity contribution in [1.82, 2.24) is 10.2 Å². The summed E-state index contributed by atoms with van der Waals surface area (Å²) in [6.45, 7) is 8.89. The molecule has 0 bridgehead atoms. The van der Waals surface area contributed by atoms with Gasteiger partial charge < -0.3 is 10.1 Å². The molecule has 1 aliphatic heterocycles. The minimum atomic E-state index is -0.469. The number of hydrogen-bond donors (Lipinski definition) is 1. The summed E-state index contributed by atoms with van der Waals surface area (Å²) in [4.78, 5) is 14.6. The molecule has 2 unspecified atom stereocenters. The SMILES string of the molecule is CCN1CCCC1CNC(=O)C(C)Oc1cccc(C)c1. The summed E-state index contributed by atoms with van der Waals surface area (Å²) in [6, 6.07) is 8.25. The molecular weight excluding hydrogens is 264 g/mol. The van der Waals surface area contributed by atoms with E-state index < -0.39 is 6.10 Å². The van der Waals surface area contributed by atoms with Crippen LogP contribution in [0.3, 0.4) is 0 Å². The monoisotopic (exact) mass is 290 g/mol. The zero-order valence-corrected chi connectivity index (χ0v) is 13.3. The van der Waals surface area contributed by atoms with Crippen molar-refractivity contribution in [2.75, 3.05) is 19.6 Å². The molecule has 1 aromatic carbocycles. The lowest BCUT2D eigenvalue weighted by Crippen LogP contribution is -2.44. The van der Waals surface area contributed by atoms with Crippen molar-refractivity contribution in [3.63, 3.8) is 0 Å². The maximum absolute atomic E-state index is 12.1. The highest BCUT2D eigenvalue weighted by atomic mass is 16.5. The predicted molar refractivity (Wildman–Crippen MR) is 84.5 cm³/mol. The lowest BCUT2D eigenvalue weighted by molar-refractivity contribution is -0.127. The summed E-state index contributed by atoms with van der Waals surface area (Å²) >= 11 is 0. The molecule has 1 amide bonds. The van der Waals surface area contributed by atoms with E-state index in [-0.39, 0.29) is 5.91 Å². The van der Waals surface area contributed by atoms with Gasteiger partial charge in [0.25, 0.3) is 5.91 Å². The molecule has 0 aromatic heterocycles. The second kappa shape index (κ2) is 7.46. The standard InChI is InChI=1S/C17H26N2O2/c1-4-19-10-6-8-15(19)12-18-17(20)14(3)21-16-9-5-7-13(2)11-16/h5,7,9,11,14-15H,4,6,8,10,12H2,1-3H3,(H,18,20). The first-order valence-corrected chi connectivity index (χ1v) is 7.85. The van der Waals surface area contributed by atoms with Crippen molar-refractivity contribution in [3.05, 3.63) is 29.8 Å². The van der Waals surface area contributed by atoms with Gasteiger partial charge in [0.15, 0.2) is 6.10 Å². The number of carbonyl (C=O) groups is 1. The van der Waals surface area contributed by atoms with Crippen LogP contribution in [-0.4, -0.2) is 42.6 Å². The quantitative estimate of drug-likeness (QED) is 0.874. The first-order valence-electron chi connectivity index (χ1n) is 7.85. The third-order valence-electron chi connectivity index (χ3n) is 4.09. The van der Waals surface area contributed by atoms with Gasteiger partial charge in [-0.25, -0.2) is 0 Å². The van der Waals surface area contributed by atoms with Crippen LogP contribution in [0.5, 0.6) is 5.75 Å². The van der Waals surface area contributed by atoms with Crippen molar-refractivity contribution in [2.45, 2.75) is 45.8 Å². The third kappa shape index (κ3) is 4.46. The van der Waals surface area contributed by atoms with Crippen molar-refractivity contribution >= 4 is 5.91 Å². The number of likely N-dealkylation sites (tertiary alicyclic amines) is 1. The molecule has 1 heterocycles. The Bertz CT molecular complexity index is 476. The Labute approximate surface area is 127 Å². The first kappa shape index (κ1) is 15.8. The Kier molecular flexibility index (Phi) is 5.62. The number of aryl methyl sites for hydroxylation is 1. The van der Waals surface area contributed by atoms with E-state index in [1.807, 2.05) is 31.2 Å². The zero-order chi connectivity index (χ0) is 15.2. The van der Waals surface area contributed by atoms with Gasteiger partial charge in [-0.05, 0) is 57.5 Å². The number of nitrogens with one attached hydrogen (secondary N) is 1. The van der Waals surface area contributed by atoms with Crippen LogP contribution in [0.15, 0.2) is 24.3 Å². The fourth-order valence-corrected chi connectivity index (χ4v) is 2.85. The molecule has 1 fully saturated rings. The van der Waals surface area contributed by atoms with Gasteiger partial charge in [0.2, 0.25) is 0 Å². The fourth-order valence-electron chi connectivity index (χ4n) is 2.85. The van der Waals surface area contributed by atoms with Crippen LogP contribution in [0.25, 0.3) is 0 Å². The maximum Gasteiger partial charge on any atom is 0.260 e. The van der Waals surface area contributed by atoms with Gasteiger partial charge in [-0.2, -0.15) is 0 Å². The third-order valence-corrected chi connectivity index (χ3v) is 4.09. The number of carbonyl (C=O) groups excluding carboxylic acids is 1. The van der Waals surface area contributed by atoms with E-state index in [2.05, 4.69) is 17.1 Å². The number of rotatable bonds is 6. The van der Waals surface area contributed by atoms with E-state index in [0.717, 1.165) is 24.4 Å². The van der Waals surface area contributed by atoms with Crippen LogP contribution in [0, 0.1) is 6.92 Å². The number of hydrogen-bond acceptors (Lipinski definition) is 3. The second-order valence-corrected chi connectivity index (χ2v) is 5.75. The zero-order valence-electron chi connectivity index (χ0n) is 13.3. The molecule has 0 radical (unpaired) electrons. The summed E-state index contributed by atoms with van der Waals surface area (Å²) in [7, 11) is 0. The van der Waals surface area contributed by atoms with E-state index >= 15 is 0 Å². The molecule has 1 N–H and O–H groups in total. The molecule has 0 spiro atoms. The molecular formula is C17H26N2O2. The first-order chi connectivity index (χ1) is 10.1. The van der Waals surface area contributed by atoms with Crippen LogP contribution in [0.2, 0.25) is 0 Å². The smallest absolute Gasteiger partial charge is 0.260 e. The highest BCUT2D eigenvalue weighted by Gasteiger charge is 2.24. The Balaban J connectivity index is 1.80. The fraction of sp³-hybridized carbons (Fsp3) is 0.588. The average Bonchev–Trinajstić information content (AvgIpc) is 2.92. The van der Waals surface area contributed by atoms with Gasteiger partial charge in [0.05, 0.1) is 0 Å². The molecule has 1 aromatic rings. The van der Waals surface area contributed by atoms with Gasteiger partial charge in [-0.3, -0.25) is 9.69 Å². The van der Waals surface area contributed by atoms with Gasteiger partial charge >= 0.3 is 0 Å². The van der Waals surface area contributed by atoms with Gasteiger partial charge in [0.1, 0.15) is 5.75 Å². The molecule has 21 heavy (non-hydrogen) atoms. The van der Waals surface area contributed by atoms with Gasteiger partial charge in [0, 0.05) is 12.6 Å². The molecule has 2 atom stereocenters. The summed E-state index contributed by atoms with van der Waals surface area (Å²) in [5.74, 6) is 0.702. The van der Waals surface area contributed by atoms with Crippen LogP contribution in [-0.2, 0) is 4.79 Å². The van der Waals surface area contributed by atoms with Crippen LogP contribution in [0.1, 0.15) is 32.3 Å². The molecule has 0 saturated carbocycles.